The van der Waals surface area contributed by atoms with Gasteiger partial charge in [0.25, 0.3) is 0 Å². The van der Waals surface area contributed by atoms with E-state index in [9.17, 15) is 5.11 Å². The van der Waals surface area contributed by atoms with Gasteiger partial charge in [-0.05, 0) is 13.8 Å². The average Bonchev–Trinajstić information content (AvgIpc) is 2.05. The SMILES string of the molecule is CC1(C)SC(O)C(CO)S1. The van der Waals surface area contributed by atoms with Crippen molar-refractivity contribution in [2.24, 2.45) is 0 Å². The minimum absolute atomic E-state index is 0.000000000000000222. The standard InChI is InChI=1S/C6H12O2S2/c1-6(2)9-4(3-7)5(8)10-6/h4-5,7-8H,3H2,1-2H3. The van der Waals surface area contributed by atoms with Gasteiger partial charge in [-0.2, -0.15) is 0 Å². The van der Waals surface area contributed by atoms with E-state index in [0.717, 1.165) is 0 Å². The van der Waals surface area contributed by atoms with Crippen molar-refractivity contribution >= 4 is 23.5 Å². The van der Waals surface area contributed by atoms with Gasteiger partial charge >= 0.3 is 0 Å². The van der Waals surface area contributed by atoms with Gasteiger partial charge in [0, 0.05) is 0 Å². The first kappa shape index (κ1) is 8.71. The minimum atomic E-state index is -0.398. The molecule has 0 aliphatic carbocycles. The fourth-order valence-electron chi connectivity index (χ4n) is 0.945. The van der Waals surface area contributed by atoms with Gasteiger partial charge in [0.15, 0.2) is 0 Å². The summed E-state index contributed by atoms with van der Waals surface area (Å²) in [5.74, 6) is 0. The highest BCUT2D eigenvalue weighted by molar-refractivity contribution is 8.21. The molecule has 10 heavy (non-hydrogen) atoms. The van der Waals surface area contributed by atoms with E-state index in [4.69, 9.17) is 5.11 Å². The van der Waals surface area contributed by atoms with Gasteiger partial charge in [-0.3, -0.25) is 0 Å². The van der Waals surface area contributed by atoms with Crippen LogP contribution in [-0.4, -0.2) is 31.6 Å². The molecule has 2 unspecified atom stereocenters. The second-order valence-corrected chi connectivity index (χ2v) is 6.61. The lowest BCUT2D eigenvalue weighted by atomic mass is 10.5. The molecule has 1 aliphatic heterocycles. The third-order valence-electron chi connectivity index (χ3n) is 1.34. The van der Waals surface area contributed by atoms with Crippen LogP contribution >= 0.6 is 23.5 Å². The van der Waals surface area contributed by atoms with Crippen LogP contribution in [0, 0.1) is 0 Å². The smallest absolute Gasteiger partial charge is 0.115 e. The lowest BCUT2D eigenvalue weighted by Gasteiger charge is -2.13. The van der Waals surface area contributed by atoms with Crippen LogP contribution in [0.2, 0.25) is 0 Å². The van der Waals surface area contributed by atoms with Crippen molar-refractivity contribution in [1.29, 1.82) is 0 Å². The van der Waals surface area contributed by atoms with Crippen LogP contribution in [0.4, 0.5) is 0 Å². The second kappa shape index (κ2) is 2.93. The molecular weight excluding hydrogens is 168 g/mol. The Morgan fingerprint density at radius 2 is 2.00 bits per heavy atom. The molecule has 4 heteroatoms. The Morgan fingerprint density at radius 3 is 2.20 bits per heavy atom. The van der Waals surface area contributed by atoms with Crippen LogP contribution in [-0.2, 0) is 0 Å². The lowest BCUT2D eigenvalue weighted by molar-refractivity contribution is 0.208. The fraction of sp³-hybridized carbons (Fsp3) is 1.00. The summed E-state index contributed by atoms with van der Waals surface area (Å²) in [4.78, 5) is 0. The van der Waals surface area contributed by atoms with Crippen LogP contribution in [0.5, 0.6) is 0 Å². The molecular formula is C6H12O2S2. The molecule has 60 valence electrons. The predicted octanol–water partition coefficient (Wildman–Crippen LogP) is 0.882. The van der Waals surface area contributed by atoms with E-state index in [0.29, 0.717) is 0 Å². The summed E-state index contributed by atoms with van der Waals surface area (Å²) in [7, 11) is 0. The number of thioether (sulfide) groups is 2. The molecule has 0 bridgehead atoms. The van der Waals surface area contributed by atoms with Crippen LogP contribution in [0.1, 0.15) is 13.8 Å². The first-order chi connectivity index (χ1) is 4.55. The maximum Gasteiger partial charge on any atom is 0.115 e. The third kappa shape index (κ3) is 1.81. The van der Waals surface area contributed by atoms with E-state index >= 15 is 0 Å². The van der Waals surface area contributed by atoms with E-state index in [2.05, 4.69) is 13.8 Å². The zero-order valence-electron chi connectivity index (χ0n) is 6.07. The Bertz CT molecular complexity index is 127. The molecule has 2 N–H and O–H groups in total. The summed E-state index contributed by atoms with van der Waals surface area (Å²) in [5, 5.41) is 18.1. The second-order valence-electron chi connectivity index (χ2n) is 2.75. The van der Waals surface area contributed by atoms with Gasteiger partial charge in [0.2, 0.25) is 0 Å². The zero-order valence-corrected chi connectivity index (χ0v) is 7.71. The number of hydrogen-bond acceptors (Lipinski definition) is 4. The van der Waals surface area contributed by atoms with Crippen molar-refractivity contribution in [2.45, 2.75) is 28.6 Å². The zero-order chi connectivity index (χ0) is 7.78. The number of rotatable bonds is 1. The van der Waals surface area contributed by atoms with Gasteiger partial charge in [0.05, 0.1) is 15.9 Å². The summed E-state index contributed by atoms with van der Waals surface area (Å²) in [5.41, 5.74) is -0.398. The quantitative estimate of drug-likeness (QED) is 0.628. The van der Waals surface area contributed by atoms with Crippen molar-refractivity contribution in [1.82, 2.24) is 0 Å². The Hall–Kier alpha value is 0.620. The van der Waals surface area contributed by atoms with E-state index in [1.165, 1.54) is 11.8 Å². The first-order valence-corrected chi connectivity index (χ1v) is 4.95. The van der Waals surface area contributed by atoms with Gasteiger partial charge in [-0.1, -0.05) is 0 Å². The van der Waals surface area contributed by atoms with Crippen molar-refractivity contribution < 1.29 is 10.2 Å². The molecule has 1 saturated heterocycles. The van der Waals surface area contributed by atoms with Gasteiger partial charge in [-0.15, -0.1) is 23.5 Å². The molecule has 0 radical (unpaired) electrons. The van der Waals surface area contributed by atoms with E-state index in [-0.39, 0.29) is 15.9 Å². The van der Waals surface area contributed by atoms with Crippen LogP contribution in [0.25, 0.3) is 0 Å². The molecule has 0 aromatic carbocycles. The molecule has 1 aliphatic rings. The van der Waals surface area contributed by atoms with Crippen molar-refractivity contribution in [3.63, 3.8) is 0 Å². The van der Waals surface area contributed by atoms with Gasteiger partial charge in [0.1, 0.15) is 5.44 Å². The van der Waals surface area contributed by atoms with Crippen molar-refractivity contribution in [2.75, 3.05) is 6.61 Å². The largest absolute Gasteiger partial charge is 0.395 e. The topological polar surface area (TPSA) is 40.5 Å². The molecule has 0 spiro atoms. The van der Waals surface area contributed by atoms with E-state index in [1.54, 1.807) is 11.8 Å². The van der Waals surface area contributed by atoms with Gasteiger partial charge in [-0.25, -0.2) is 0 Å². The number of hydrogen-bond donors (Lipinski definition) is 2. The maximum atomic E-state index is 9.31. The minimum Gasteiger partial charge on any atom is -0.395 e. The number of aliphatic hydroxyl groups is 2. The maximum absolute atomic E-state index is 9.31. The third-order valence-corrected chi connectivity index (χ3v) is 4.50. The summed E-state index contributed by atoms with van der Waals surface area (Å²) in [6.07, 6.45) is 0. The first-order valence-electron chi connectivity index (χ1n) is 3.20. The molecule has 0 saturated carbocycles. The highest BCUT2D eigenvalue weighted by atomic mass is 32.2. The molecule has 1 rings (SSSR count). The summed E-state index contributed by atoms with van der Waals surface area (Å²) >= 11 is 3.15. The molecule has 1 fully saturated rings. The predicted molar refractivity (Wildman–Crippen MR) is 46.1 cm³/mol. The number of aliphatic hydroxyl groups excluding tert-OH is 2. The van der Waals surface area contributed by atoms with E-state index < -0.39 is 5.44 Å². The Balaban J connectivity index is 2.52. The molecule has 1 heterocycles. The van der Waals surface area contributed by atoms with Crippen molar-refractivity contribution in [3.05, 3.63) is 0 Å². The fourth-order valence-corrected chi connectivity index (χ4v) is 3.91. The monoisotopic (exact) mass is 180 g/mol. The van der Waals surface area contributed by atoms with Gasteiger partial charge < -0.3 is 10.2 Å². The molecule has 2 atom stereocenters. The molecule has 2 nitrogen and oxygen atoms in total. The molecule has 0 aromatic heterocycles. The summed E-state index contributed by atoms with van der Waals surface area (Å²) in [6.45, 7) is 4.19. The van der Waals surface area contributed by atoms with Crippen LogP contribution in [0.15, 0.2) is 0 Å². The van der Waals surface area contributed by atoms with Crippen LogP contribution < -0.4 is 0 Å². The molecule has 0 amide bonds. The average molecular weight is 180 g/mol. The van der Waals surface area contributed by atoms with E-state index in [1.807, 2.05) is 0 Å². The Morgan fingerprint density at radius 1 is 1.40 bits per heavy atom. The highest BCUT2D eigenvalue weighted by Gasteiger charge is 2.39. The normalized spacial score (nSPS) is 38.4. The highest BCUT2D eigenvalue weighted by Crippen LogP contribution is 2.50. The lowest BCUT2D eigenvalue weighted by Crippen LogP contribution is -2.17. The Labute approximate surface area is 69.4 Å². The van der Waals surface area contributed by atoms with Crippen LogP contribution in [0.3, 0.4) is 0 Å². The van der Waals surface area contributed by atoms with Crippen molar-refractivity contribution in [3.8, 4) is 0 Å². The summed E-state index contributed by atoms with van der Waals surface area (Å²) in [6, 6.07) is 0. The Kier molecular flexibility index (Phi) is 2.55. The molecule has 0 aromatic rings. The summed E-state index contributed by atoms with van der Waals surface area (Å²) < 4.78 is 0.0623.